The molecular formula is C13H20F2N2O2. The Morgan fingerprint density at radius 1 is 1.37 bits per heavy atom. The summed E-state index contributed by atoms with van der Waals surface area (Å²) in [5.74, 6) is -0.630. The predicted octanol–water partition coefficient (Wildman–Crippen LogP) is 1.55. The molecule has 2 amide bonds. The summed E-state index contributed by atoms with van der Waals surface area (Å²) in [4.78, 5) is 25.9. The summed E-state index contributed by atoms with van der Waals surface area (Å²) < 4.78 is 25.5. The molecule has 1 aliphatic heterocycles. The van der Waals surface area contributed by atoms with Crippen molar-refractivity contribution >= 4 is 11.8 Å². The van der Waals surface area contributed by atoms with Crippen molar-refractivity contribution in [2.75, 3.05) is 6.54 Å². The molecule has 2 fully saturated rings. The molecule has 0 aromatic rings. The van der Waals surface area contributed by atoms with Crippen LogP contribution in [0.4, 0.5) is 8.78 Å². The van der Waals surface area contributed by atoms with Crippen molar-refractivity contribution in [1.82, 2.24) is 10.2 Å². The molecule has 1 N–H and O–H groups in total. The third-order valence-corrected chi connectivity index (χ3v) is 4.55. The highest BCUT2D eigenvalue weighted by atomic mass is 19.3. The van der Waals surface area contributed by atoms with E-state index in [4.69, 9.17) is 0 Å². The summed E-state index contributed by atoms with van der Waals surface area (Å²) in [6.07, 6.45) is -0.607. The fourth-order valence-electron chi connectivity index (χ4n) is 2.76. The van der Waals surface area contributed by atoms with Gasteiger partial charge in [0, 0.05) is 0 Å². The molecule has 6 heteroatoms. The zero-order valence-electron chi connectivity index (χ0n) is 11.5. The first kappa shape index (κ1) is 14.2. The van der Waals surface area contributed by atoms with Gasteiger partial charge in [0.2, 0.25) is 11.8 Å². The van der Waals surface area contributed by atoms with E-state index in [-0.39, 0.29) is 17.7 Å². The highest BCUT2D eigenvalue weighted by Crippen LogP contribution is 2.44. The maximum absolute atomic E-state index is 12.7. The Hall–Kier alpha value is -1.20. The summed E-state index contributed by atoms with van der Waals surface area (Å²) in [5, 5.41) is 2.77. The molecule has 108 valence electrons. The quantitative estimate of drug-likeness (QED) is 0.845. The number of amides is 2. The Morgan fingerprint density at radius 3 is 2.37 bits per heavy atom. The molecule has 0 spiro atoms. The zero-order chi connectivity index (χ0) is 14.4. The van der Waals surface area contributed by atoms with Crippen LogP contribution in [0, 0.1) is 5.92 Å². The highest BCUT2D eigenvalue weighted by molar-refractivity contribution is 6.02. The Kier molecular flexibility index (Phi) is 3.31. The molecule has 0 aromatic carbocycles. The Labute approximate surface area is 111 Å². The van der Waals surface area contributed by atoms with Crippen LogP contribution in [-0.2, 0) is 9.59 Å². The second-order valence-corrected chi connectivity index (χ2v) is 5.86. The summed E-state index contributed by atoms with van der Waals surface area (Å²) in [6.45, 7) is 4.25. The van der Waals surface area contributed by atoms with E-state index in [1.54, 1.807) is 20.8 Å². The number of halogens is 2. The molecule has 19 heavy (non-hydrogen) atoms. The first-order valence-electron chi connectivity index (χ1n) is 6.68. The van der Waals surface area contributed by atoms with Gasteiger partial charge in [0.15, 0.2) is 0 Å². The minimum atomic E-state index is -2.64. The fraction of sp³-hybridized carbons (Fsp3) is 0.846. The van der Waals surface area contributed by atoms with Crippen molar-refractivity contribution < 1.29 is 18.4 Å². The van der Waals surface area contributed by atoms with Gasteiger partial charge < -0.3 is 10.2 Å². The van der Waals surface area contributed by atoms with Gasteiger partial charge in [0.25, 0.3) is 6.43 Å². The number of hydrogen-bond acceptors (Lipinski definition) is 2. The SMILES string of the molecule is CCC1(C)C(=O)NC(C)(C2CC2)C(=O)N1CC(F)F. The third kappa shape index (κ3) is 2.11. The summed E-state index contributed by atoms with van der Waals surface area (Å²) >= 11 is 0. The smallest absolute Gasteiger partial charge is 0.255 e. The van der Waals surface area contributed by atoms with Crippen molar-refractivity contribution in [3.8, 4) is 0 Å². The third-order valence-electron chi connectivity index (χ3n) is 4.55. The largest absolute Gasteiger partial charge is 0.340 e. The van der Waals surface area contributed by atoms with Gasteiger partial charge >= 0.3 is 0 Å². The van der Waals surface area contributed by atoms with Crippen LogP contribution in [0.25, 0.3) is 0 Å². The van der Waals surface area contributed by atoms with Crippen LogP contribution in [0.1, 0.15) is 40.0 Å². The minimum absolute atomic E-state index is 0.0746. The topological polar surface area (TPSA) is 49.4 Å². The monoisotopic (exact) mass is 274 g/mol. The molecule has 2 aliphatic rings. The van der Waals surface area contributed by atoms with Gasteiger partial charge in [-0.1, -0.05) is 6.92 Å². The van der Waals surface area contributed by atoms with Crippen molar-refractivity contribution in [3.05, 3.63) is 0 Å². The molecule has 4 nitrogen and oxygen atoms in total. The minimum Gasteiger partial charge on any atom is -0.340 e. The standard InChI is InChI=1S/C13H20F2N2O2/c1-4-12(2)10(18)16-13(3,8-5-6-8)11(19)17(12)7-9(14)15/h8-9H,4-7H2,1-3H3,(H,16,18). The molecule has 1 aliphatic carbocycles. The van der Waals surface area contributed by atoms with E-state index in [2.05, 4.69) is 5.32 Å². The van der Waals surface area contributed by atoms with Gasteiger partial charge in [-0.2, -0.15) is 0 Å². The van der Waals surface area contributed by atoms with Gasteiger partial charge in [-0.05, 0) is 39.0 Å². The van der Waals surface area contributed by atoms with Gasteiger partial charge in [0.1, 0.15) is 11.1 Å². The lowest BCUT2D eigenvalue weighted by molar-refractivity contribution is -0.165. The first-order valence-corrected chi connectivity index (χ1v) is 6.68. The Balaban J connectivity index is 2.36. The molecule has 2 unspecified atom stereocenters. The first-order chi connectivity index (χ1) is 8.75. The van der Waals surface area contributed by atoms with Gasteiger partial charge in [-0.15, -0.1) is 0 Å². The lowest BCUT2D eigenvalue weighted by Gasteiger charge is -2.50. The molecule has 1 saturated carbocycles. The van der Waals surface area contributed by atoms with E-state index in [1.807, 2.05) is 0 Å². The van der Waals surface area contributed by atoms with E-state index in [0.717, 1.165) is 17.7 Å². The van der Waals surface area contributed by atoms with Crippen LogP contribution in [0.5, 0.6) is 0 Å². The van der Waals surface area contributed by atoms with E-state index in [1.165, 1.54) is 0 Å². The molecule has 2 rings (SSSR count). The number of carbonyl (C=O) groups is 2. The highest BCUT2D eigenvalue weighted by Gasteiger charge is 2.59. The Bertz CT molecular complexity index is 411. The number of hydrogen-bond donors (Lipinski definition) is 1. The number of alkyl halides is 2. The van der Waals surface area contributed by atoms with E-state index in [0.29, 0.717) is 6.42 Å². The van der Waals surface area contributed by atoms with Gasteiger partial charge in [-0.25, -0.2) is 8.78 Å². The van der Waals surface area contributed by atoms with Crippen molar-refractivity contribution in [3.63, 3.8) is 0 Å². The zero-order valence-corrected chi connectivity index (χ0v) is 11.5. The van der Waals surface area contributed by atoms with E-state index < -0.39 is 24.0 Å². The maximum Gasteiger partial charge on any atom is 0.255 e. The lowest BCUT2D eigenvalue weighted by atomic mass is 9.83. The number of piperazine rings is 1. The summed E-state index contributed by atoms with van der Waals surface area (Å²) in [5.41, 5.74) is -2.19. The van der Waals surface area contributed by atoms with Crippen LogP contribution in [0.15, 0.2) is 0 Å². The van der Waals surface area contributed by atoms with Crippen molar-refractivity contribution in [2.45, 2.75) is 57.5 Å². The average Bonchev–Trinajstić information content (AvgIpc) is 3.16. The van der Waals surface area contributed by atoms with Crippen molar-refractivity contribution in [2.24, 2.45) is 5.92 Å². The van der Waals surface area contributed by atoms with Crippen LogP contribution in [-0.4, -0.2) is 40.8 Å². The van der Waals surface area contributed by atoms with E-state index in [9.17, 15) is 18.4 Å². The number of carbonyl (C=O) groups excluding carboxylic acids is 2. The molecule has 0 aromatic heterocycles. The van der Waals surface area contributed by atoms with Crippen LogP contribution >= 0.6 is 0 Å². The fourth-order valence-corrected chi connectivity index (χ4v) is 2.76. The molecular weight excluding hydrogens is 254 g/mol. The summed E-state index contributed by atoms with van der Waals surface area (Å²) in [7, 11) is 0. The molecule has 2 atom stereocenters. The Morgan fingerprint density at radius 2 is 1.95 bits per heavy atom. The summed E-state index contributed by atoms with van der Waals surface area (Å²) in [6, 6.07) is 0. The van der Waals surface area contributed by atoms with E-state index >= 15 is 0 Å². The van der Waals surface area contributed by atoms with Crippen molar-refractivity contribution in [1.29, 1.82) is 0 Å². The second-order valence-electron chi connectivity index (χ2n) is 5.86. The second kappa shape index (κ2) is 4.42. The van der Waals surface area contributed by atoms with Gasteiger partial charge in [-0.3, -0.25) is 9.59 Å². The number of rotatable bonds is 4. The lowest BCUT2D eigenvalue weighted by Crippen LogP contribution is -2.75. The normalized spacial score (nSPS) is 35.8. The molecule has 1 heterocycles. The molecule has 0 radical (unpaired) electrons. The van der Waals surface area contributed by atoms with Crippen LogP contribution in [0.3, 0.4) is 0 Å². The predicted molar refractivity (Wildman–Crippen MR) is 65.7 cm³/mol. The average molecular weight is 274 g/mol. The number of nitrogens with zero attached hydrogens (tertiary/aromatic N) is 1. The molecule has 1 saturated heterocycles. The van der Waals surface area contributed by atoms with Crippen LogP contribution in [0.2, 0.25) is 0 Å². The number of nitrogens with one attached hydrogen (secondary N) is 1. The maximum atomic E-state index is 12.7. The molecule has 0 bridgehead atoms. The van der Waals surface area contributed by atoms with Crippen LogP contribution < -0.4 is 5.32 Å². The van der Waals surface area contributed by atoms with Gasteiger partial charge in [0.05, 0.1) is 6.54 Å².